The van der Waals surface area contributed by atoms with Crippen LogP contribution in [0.1, 0.15) is 33.1 Å². The van der Waals surface area contributed by atoms with Crippen LogP contribution in [0.4, 0.5) is 4.79 Å². The van der Waals surface area contributed by atoms with E-state index in [2.05, 4.69) is 19.2 Å². The van der Waals surface area contributed by atoms with Gasteiger partial charge < -0.3 is 10.1 Å². The molecule has 1 amide bonds. The Balaban J connectivity index is 2.26. The van der Waals surface area contributed by atoms with Crippen molar-refractivity contribution in [2.75, 3.05) is 6.61 Å². The molecule has 2 aliphatic rings. The minimum absolute atomic E-state index is 0.0654. The van der Waals surface area contributed by atoms with Crippen molar-refractivity contribution >= 4 is 6.09 Å². The fourth-order valence-corrected chi connectivity index (χ4v) is 2.37. The monoisotopic (exact) mass is 169 g/mol. The molecule has 1 atom stereocenters. The van der Waals surface area contributed by atoms with Crippen molar-refractivity contribution in [1.82, 2.24) is 5.32 Å². The van der Waals surface area contributed by atoms with Gasteiger partial charge in [0.2, 0.25) is 0 Å². The van der Waals surface area contributed by atoms with Crippen LogP contribution in [-0.4, -0.2) is 18.2 Å². The molecule has 1 unspecified atom stereocenters. The Hall–Kier alpha value is -0.730. The molecule has 1 heterocycles. The third-order valence-corrected chi connectivity index (χ3v) is 3.49. The Labute approximate surface area is 72.5 Å². The number of hydrogen-bond donors (Lipinski definition) is 1. The average molecular weight is 169 g/mol. The highest BCUT2D eigenvalue weighted by Crippen LogP contribution is 2.47. The maximum atomic E-state index is 11.0. The summed E-state index contributed by atoms with van der Waals surface area (Å²) in [5, 5.41) is 2.96. The smallest absolute Gasteiger partial charge is 0.407 e. The Morgan fingerprint density at radius 2 is 2.17 bits per heavy atom. The Kier molecular flexibility index (Phi) is 1.41. The van der Waals surface area contributed by atoms with Gasteiger partial charge in [-0.1, -0.05) is 20.3 Å². The lowest BCUT2D eigenvalue weighted by molar-refractivity contribution is 0.140. The van der Waals surface area contributed by atoms with E-state index >= 15 is 0 Å². The molecule has 1 saturated carbocycles. The quantitative estimate of drug-likeness (QED) is 0.599. The van der Waals surface area contributed by atoms with E-state index in [1.165, 1.54) is 12.8 Å². The van der Waals surface area contributed by atoms with Crippen LogP contribution >= 0.6 is 0 Å². The molecule has 12 heavy (non-hydrogen) atoms. The number of rotatable bonds is 0. The molecule has 1 aliphatic heterocycles. The normalized spacial score (nSPS) is 38.3. The van der Waals surface area contributed by atoms with E-state index in [1.807, 2.05) is 0 Å². The van der Waals surface area contributed by atoms with Gasteiger partial charge in [-0.25, -0.2) is 4.79 Å². The Morgan fingerprint density at radius 1 is 1.42 bits per heavy atom. The van der Waals surface area contributed by atoms with Crippen LogP contribution in [-0.2, 0) is 4.74 Å². The van der Waals surface area contributed by atoms with Gasteiger partial charge in [0.05, 0.1) is 5.54 Å². The van der Waals surface area contributed by atoms with Crippen LogP contribution in [0.25, 0.3) is 0 Å². The van der Waals surface area contributed by atoms with E-state index in [0.29, 0.717) is 6.61 Å². The summed E-state index contributed by atoms with van der Waals surface area (Å²) in [5.74, 6) is 0. The second-order valence-corrected chi connectivity index (χ2v) is 4.52. The average Bonchev–Trinajstić information content (AvgIpc) is 2.43. The molecule has 0 aromatic carbocycles. The molecule has 2 rings (SSSR count). The molecule has 68 valence electrons. The zero-order valence-electron chi connectivity index (χ0n) is 7.64. The predicted octanol–water partition coefficient (Wildman–Crippen LogP) is 1.68. The minimum Gasteiger partial charge on any atom is -0.447 e. The topological polar surface area (TPSA) is 38.3 Å². The summed E-state index contributed by atoms with van der Waals surface area (Å²) in [7, 11) is 0. The van der Waals surface area contributed by atoms with Crippen LogP contribution in [0.5, 0.6) is 0 Å². The fourth-order valence-electron chi connectivity index (χ4n) is 2.37. The highest BCUT2D eigenvalue weighted by atomic mass is 16.6. The first kappa shape index (κ1) is 7.90. The molecule has 0 radical (unpaired) electrons. The molecule has 0 aromatic rings. The summed E-state index contributed by atoms with van der Waals surface area (Å²) in [4.78, 5) is 11.0. The van der Waals surface area contributed by atoms with Gasteiger partial charge in [0.1, 0.15) is 6.61 Å². The SMILES string of the molecule is CC1(C)CCCC12COC(=O)N2. The van der Waals surface area contributed by atoms with Crippen LogP contribution in [0, 0.1) is 5.41 Å². The number of alkyl carbamates (subject to hydrolysis) is 1. The van der Waals surface area contributed by atoms with E-state index in [9.17, 15) is 4.79 Å². The summed E-state index contributed by atoms with van der Waals surface area (Å²) < 4.78 is 4.98. The highest BCUT2D eigenvalue weighted by Gasteiger charge is 2.53. The summed E-state index contributed by atoms with van der Waals surface area (Å²) in [6.07, 6.45) is 3.18. The number of cyclic esters (lactones) is 1. The van der Waals surface area contributed by atoms with E-state index in [4.69, 9.17) is 4.74 Å². The highest BCUT2D eigenvalue weighted by molar-refractivity contribution is 5.71. The maximum absolute atomic E-state index is 11.0. The molecular weight excluding hydrogens is 154 g/mol. The van der Waals surface area contributed by atoms with Crippen LogP contribution < -0.4 is 5.32 Å². The molecule has 0 aromatic heterocycles. The van der Waals surface area contributed by atoms with Crippen molar-refractivity contribution < 1.29 is 9.53 Å². The largest absolute Gasteiger partial charge is 0.447 e. The van der Waals surface area contributed by atoms with E-state index in [1.54, 1.807) is 0 Å². The molecule has 1 N–H and O–H groups in total. The predicted molar refractivity (Wildman–Crippen MR) is 44.8 cm³/mol. The summed E-state index contributed by atoms with van der Waals surface area (Å²) in [6.45, 7) is 4.96. The number of hydrogen-bond acceptors (Lipinski definition) is 2. The molecule has 3 nitrogen and oxygen atoms in total. The number of carbonyl (C=O) groups excluding carboxylic acids is 1. The second kappa shape index (κ2) is 2.15. The Bertz CT molecular complexity index is 225. The van der Waals surface area contributed by atoms with E-state index < -0.39 is 0 Å². The maximum Gasteiger partial charge on any atom is 0.407 e. The first-order valence-corrected chi connectivity index (χ1v) is 4.51. The van der Waals surface area contributed by atoms with Gasteiger partial charge in [-0.2, -0.15) is 0 Å². The van der Waals surface area contributed by atoms with Crippen LogP contribution in [0.15, 0.2) is 0 Å². The van der Waals surface area contributed by atoms with Gasteiger partial charge in [0, 0.05) is 0 Å². The second-order valence-electron chi connectivity index (χ2n) is 4.52. The first-order chi connectivity index (χ1) is 5.56. The molecule has 1 aliphatic carbocycles. The third kappa shape index (κ3) is 0.853. The van der Waals surface area contributed by atoms with E-state index in [0.717, 1.165) is 6.42 Å². The van der Waals surface area contributed by atoms with Crippen LogP contribution in [0.2, 0.25) is 0 Å². The standard InChI is InChI=1S/C9H15NO2/c1-8(2)4-3-5-9(8)6-12-7(11)10-9/h3-6H2,1-2H3,(H,10,11). The lowest BCUT2D eigenvalue weighted by atomic mass is 9.76. The van der Waals surface area contributed by atoms with Gasteiger partial charge >= 0.3 is 6.09 Å². The lowest BCUT2D eigenvalue weighted by Gasteiger charge is -2.35. The van der Waals surface area contributed by atoms with Crippen molar-refractivity contribution in [3.8, 4) is 0 Å². The molecule has 0 bridgehead atoms. The van der Waals surface area contributed by atoms with Gasteiger partial charge in [-0.05, 0) is 18.3 Å². The zero-order valence-corrected chi connectivity index (χ0v) is 7.64. The Morgan fingerprint density at radius 3 is 2.58 bits per heavy atom. The summed E-state index contributed by atoms with van der Waals surface area (Å²) >= 11 is 0. The first-order valence-electron chi connectivity index (χ1n) is 4.51. The van der Waals surface area contributed by atoms with Crippen LogP contribution in [0.3, 0.4) is 0 Å². The van der Waals surface area contributed by atoms with Crippen molar-refractivity contribution in [3.05, 3.63) is 0 Å². The minimum atomic E-state index is -0.245. The van der Waals surface area contributed by atoms with Crippen molar-refractivity contribution in [3.63, 3.8) is 0 Å². The number of carbonyl (C=O) groups is 1. The molecule has 3 heteroatoms. The fraction of sp³-hybridized carbons (Fsp3) is 0.889. The lowest BCUT2D eigenvalue weighted by Crippen LogP contribution is -2.51. The zero-order chi connectivity index (χ0) is 8.82. The van der Waals surface area contributed by atoms with Crippen molar-refractivity contribution in [2.45, 2.75) is 38.6 Å². The number of ether oxygens (including phenoxy) is 1. The van der Waals surface area contributed by atoms with Gasteiger partial charge in [-0.15, -0.1) is 0 Å². The summed E-state index contributed by atoms with van der Waals surface area (Å²) in [6, 6.07) is 0. The molecule has 1 saturated heterocycles. The molecule has 1 spiro atoms. The van der Waals surface area contributed by atoms with Crippen molar-refractivity contribution in [2.24, 2.45) is 5.41 Å². The number of nitrogens with one attached hydrogen (secondary N) is 1. The summed E-state index contributed by atoms with van der Waals surface area (Å²) in [5.41, 5.74) is 0.128. The van der Waals surface area contributed by atoms with Gasteiger partial charge in [-0.3, -0.25) is 0 Å². The van der Waals surface area contributed by atoms with Gasteiger partial charge in [0.15, 0.2) is 0 Å². The number of amides is 1. The van der Waals surface area contributed by atoms with Crippen molar-refractivity contribution in [1.29, 1.82) is 0 Å². The molecular formula is C9H15NO2. The molecule has 2 fully saturated rings. The van der Waals surface area contributed by atoms with Gasteiger partial charge in [0.25, 0.3) is 0 Å². The van der Waals surface area contributed by atoms with E-state index in [-0.39, 0.29) is 17.0 Å². The third-order valence-electron chi connectivity index (χ3n) is 3.49.